The summed E-state index contributed by atoms with van der Waals surface area (Å²) in [6.45, 7) is 4.53. The Morgan fingerprint density at radius 3 is 2.21 bits per heavy atom. The van der Waals surface area contributed by atoms with Gasteiger partial charge in [-0.3, -0.25) is 24.1 Å². The van der Waals surface area contributed by atoms with Crippen molar-refractivity contribution in [1.29, 1.82) is 0 Å². The molecule has 0 aromatic heterocycles. The number of aromatic hydroxyl groups is 1. The third-order valence-electron chi connectivity index (χ3n) is 8.76. The number of likely N-dealkylation sites (N-methyl/N-ethyl adjacent to an activating group) is 1. The van der Waals surface area contributed by atoms with Gasteiger partial charge in [-0.1, -0.05) is 0 Å². The van der Waals surface area contributed by atoms with Crippen molar-refractivity contribution in [2.24, 2.45) is 17.6 Å². The Morgan fingerprint density at radius 2 is 1.69 bits per heavy atom. The van der Waals surface area contributed by atoms with Gasteiger partial charge in [0, 0.05) is 51.0 Å². The second kappa shape index (κ2) is 15.8. The highest BCUT2D eigenvalue weighted by Crippen LogP contribution is 2.53. The lowest BCUT2D eigenvalue weighted by molar-refractivity contribution is -0.148. The number of carbonyl (C=O) groups excluding carboxylic acids is 4. The summed E-state index contributed by atoms with van der Waals surface area (Å²) in [6, 6.07) is 0.451. The van der Waals surface area contributed by atoms with E-state index < -0.39 is 76.0 Å². The second-order valence-corrected chi connectivity index (χ2v) is 12.0. The smallest absolute Gasteiger partial charge is 0.255 e. The van der Waals surface area contributed by atoms with Crippen molar-refractivity contribution in [1.82, 2.24) is 10.2 Å². The van der Waals surface area contributed by atoms with E-state index in [1.54, 1.807) is 33.1 Å². The third kappa shape index (κ3) is 6.99. The van der Waals surface area contributed by atoms with Gasteiger partial charge in [0.15, 0.2) is 23.4 Å². The normalized spacial score (nSPS) is 23.2. The average Bonchev–Trinajstić information content (AvgIpc) is 2.96. The van der Waals surface area contributed by atoms with Gasteiger partial charge in [0.25, 0.3) is 5.91 Å². The number of Topliss-reactive ketones (excluding diaryl/α,β-unsaturated/α-hetero) is 2. The first-order chi connectivity index (χ1) is 21.6. The predicted molar refractivity (Wildman–Crippen MR) is 181 cm³/mol. The molecule has 2 unspecified atom stereocenters. The van der Waals surface area contributed by atoms with E-state index in [0.29, 0.717) is 24.5 Å². The first kappa shape index (κ1) is 40.7. The number of anilines is 2. The summed E-state index contributed by atoms with van der Waals surface area (Å²) in [5.74, 6) is -8.00. The van der Waals surface area contributed by atoms with E-state index in [2.05, 4.69) is 10.6 Å². The van der Waals surface area contributed by atoms with E-state index in [-0.39, 0.29) is 67.6 Å². The quantitative estimate of drug-likeness (QED) is 0.0910. The molecule has 0 aliphatic heterocycles. The van der Waals surface area contributed by atoms with Crippen LogP contribution in [0.3, 0.4) is 0 Å². The molecule has 17 heteroatoms. The minimum Gasteiger partial charge on any atom is -0.510 e. The number of primary amides is 1. The number of aliphatic hydroxyl groups is 3. The van der Waals surface area contributed by atoms with Gasteiger partial charge in [-0.15, -0.1) is 24.8 Å². The molecule has 48 heavy (non-hydrogen) atoms. The Balaban J connectivity index is 0.00000400. The molecule has 2 amide bonds. The van der Waals surface area contributed by atoms with Crippen molar-refractivity contribution in [2.75, 3.05) is 64.7 Å². The summed E-state index contributed by atoms with van der Waals surface area (Å²) in [5, 5.41) is 51.2. The summed E-state index contributed by atoms with van der Waals surface area (Å²) in [6.07, 6.45) is -0.477. The number of nitrogens with zero attached hydrogens (tertiary/aromatic N) is 2. The van der Waals surface area contributed by atoms with Crippen molar-refractivity contribution in [3.8, 4) is 5.75 Å². The molecule has 3 aliphatic carbocycles. The standard InChI is InChI=1S/C31H43N5O10.2ClH/c1-7-45-20(46-8-2)13-33-12-19(37)34-17-11-18(35(3)4)15-9-14-10-16-24(36(5)6)27(40)23(30(32)43)29(42)31(16,44)28(41)21(14)26(39)22(15)25(17)38;;/h11,14,16,20,24,33,38,40-41,44H,7-10,12-13H2,1-6H3,(H2,32,43)(H,34,37);2*1H/t14?,16?,24-,31-;;/m0../s1. The van der Waals surface area contributed by atoms with Crippen LogP contribution in [-0.4, -0.2) is 121 Å². The molecule has 1 aromatic rings. The number of allylic oxidation sites excluding steroid dienone is 1. The number of ether oxygens (including phenoxy) is 2. The number of nitrogens with one attached hydrogen (secondary N) is 2. The summed E-state index contributed by atoms with van der Waals surface area (Å²) in [4.78, 5) is 55.9. The molecular weight excluding hydrogens is 673 g/mol. The molecule has 0 radical (unpaired) electrons. The van der Waals surface area contributed by atoms with Crippen molar-refractivity contribution in [3.05, 3.63) is 39.9 Å². The topological polar surface area (TPSA) is 224 Å². The number of carbonyl (C=O) groups is 4. The molecule has 268 valence electrons. The monoisotopic (exact) mass is 717 g/mol. The highest BCUT2D eigenvalue weighted by atomic mass is 35.5. The average molecular weight is 719 g/mol. The highest BCUT2D eigenvalue weighted by Gasteiger charge is 2.63. The van der Waals surface area contributed by atoms with Crippen LogP contribution in [0.25, 0.3) is 0 Å². The zero-order valence-corrected chi connectivity index (χ0v) is 29.3. The molecule has 0 bridgehead atoms. The molecular formula is C31H45Cl2N5O10. The van der Waals surface area contributed by atoms with E-state index in [0.717, 1.165) is 0 Å². The summed E-state index contributed by atoms with van der Waals surface area (Å²) in [7, 11) is 6.59. The Labute approximate surface area is 290 Å². The van der Waals surface area contributed by atoms with Crippen LogP contribution in [0.15, 0.2) is 28.7 Å². The summed E-state index contributed by atoms with van der Waals surface area (Å²) in [5.41, 5.74) is 2.16. The molecule has 4 atom stereocenters. The summed E-state index contributed by atoms with van der Waals surface area (Å²) < 4.78 is 10.9. The lowest BCUT2D eigenvalue weighted by Crippen LogP contribution is -2.63. The number of hydrogen-bond donors (Lipinski definition) is 7. The Hall–Kier alpha value is -3.44. The third-order valence-corrected chi connectivity index (χ3v) is 8.76. The van der Waals surface area contributed by atoms with Crippen molar-refractivity contribution >= 4 is 59.6 Å². The van der Waals surface area contributed by atoms with Crippen LogP contribution in [0.5, 0.6) is 5.75 Å². The fourth-order valence-corrected chi connectivity index (χ4v) is 6.83. The lowest BCUT2D eigenvalue weighted by Gasteiger charge is -2.50. The van der Waals surface area contributed by atoms with Crippen LogP contribution in [0, 0.1) is 11.8 Å². The van der Waals surface area contributed by atoms with Crippen LogP contribution in [0.2, 0.25) is 0 Å². The van der Waals surface area contributed by atoms with Gasteiger partial charge in [-0.05, 0) is 58.3 Å². The number of phenolic OH excluding ortho intramolecular Hbond substituents is 1. The molecule has 0 fully saturated rings. The molecule has 8 N–H and O–H groups in total. The minimum absolute atomic E-state index is 0. The van der Waals surface area contributed by atoms with Gasteiger partial charge in [-0.25, -0.2) is 0 Å². The van der Waals surface area contributed by atoms with E-state index in [1.807, 2.05) is 13.8 Å². The Bertz CT molecular complexity index is 1510. The minimum atomic E-state index is -2.75. The number of phenols is 1. The van der Waals surface area contributed by atoms with Gasteiger partial charge < -0.3 is 51.2 Å². The fourth-order valence-electron chi connectivity index (χ4n) is 6.83. The molecule has 0 heterocycles. The van der Waals surface area contributed by atoms with Gasteiger partial charge in [0.05, 0.1) is 23.8 Å². The molecule has 0 spiro atoms. The molecule has 3 aliphatic rings. The second-order valence-electron chi connectivity index (χ2n) is 12.0. The molecule has 4 rings (SSSR count). The van der Waals surface area contributed by atoms with Crippen LogP contribution in [0.4, 0.5) is 11.4 Å². The van der Waals surface area contributed by atoms with Gasteiger partial charge in [0.1, 0.15) is 17.1 Å². The predicted octanol–water partition coefficient (Wildman–Crippen LogP) is 0.957. The molecule has 0 saturated carbocycles. The van der Waals surface area contributed by atoms with Crippen molar-refractivity contribution < 1.29 is 49.1 Å². The number of aliphatic hydroxyl groups excluding tert-OH is 2. The highest BCUT2D eigenvalue weighted by molar-refractivity contribution is 6.25. The van der Waals surface area contributed by atoms with Crippen LogP contribution >= 0.6 is 24.8 Å². The Kier molecular flexibility index (Phi) is 13.4. The number of nitrogens with two attached hydrogens (primary N) is 1. The number of fused-ring (bicyclic) bond motifs is 3. The lowest BCUT2D eigenvalue weighted by atomic mass is 9.58. The Morgan fingerprint density at radius 1 is 1.08 bits per heavy atom. The van der Waals surface area contributed by atoms with E-state index in [9.17, 15) is 39.6 Å². The van der Waals surface area contributed by atoms with Crippen molar-refractivity contribution in [2.45, 2.75) is 44.6 Å². The zero-order valence-electron chi connectivity index (χ0n) is 27.7. The van der Waals surface area contributed by atoms with Crippen LogP contribution < -0.4 is 21.3 Å². The fraction of sp³-hybridized carbons (Fsp3) is 0.548. The van der Waals surface area contributed by atoms with Crippen molar-refractivity contribution in [3.63, 3.8) is 0 Å². The molecule has 0 saturated heterocycles. The SMILES string of the molecule is CCOC(CNCC(=O)Nc1cc(N(C)C)c2c(c1O)C(=O)C1=C(O)[C@]3(O)C(=O)C(C(N)=O)=C(O)[C@@H](N(C)C)C3CC1C2)OCC.Cl.Cl. The van der Waals surface area contributed by atoms with E-state index in [1.165, 1.54) is 11.0 Å². The number of halogens is 2. The molecule has 15 nitrogen and oxygen atoms in total. The van der Waals surface area contributed by atoms with E-state index in [4.69, 9.17) is 15.2 Å². The zero-order chi connectivity index (χ0) is 34.2. The van der Waals surface area contributed by atoms with Gasteiger partial charge in [-0.2, -0.15) is 0 Å². The maximum Gasteiger partial charge on any atom is 0.255 e. The first-order valence-corrected chi connectivity index (χ1v) is 15.1. The van der Waals surface area contributed by atoms with Gasteiger partial charge in [0.2, 0.25) is 11.7 Å². The number of ketones is 2. The first-order valence-electron chi connectivity index (χ1n) is 15.1. The largest absolute Gasteiger partial charge is 0.510 e. The maximum atomic E-state index is 14.1. The number of benzene rings is 1. The van der Waals surface area contributed by atoms with E-state index >= 15 is 0 Å². The van der Waals surface area contributed by atoms with Crippen LogP contribution in [-0.2, 0) is 30.3 Å². The number of amides is 2. The number of hydrogen-bond acceptors (Lipinski definition) is 13. The molecule has 1 aromatic carbocycles. The summed E-state index contributed by atoms with van der Waals surface area (Å²) >= 11 is 0. The number of rotatable bonds is 12. The maximum absolute atomic E-state index is 14.1. The van der Waals surface area contributed by atoms with Crippen LogP contribution in [0.1, 0.15) is 36.2 Å². The van der Waals surface area contributed by atoms with Gasteiger partial charge >= 0.3 is 0 Å².